The van der Waals surface area contributed by atoms with Crippen molar-refractivity contribution in [3.8, 4) is 11.5 Å². The highest BCUT2D eigenvalue weighted by molar-refractivity contribution is 6.07. The number of benzene rings is 2. The van der Waals surface area contributed by atoms with Gasteiger partial charge in [-0.1, -0.05) is 56.5 Å². The Balaban J connectivity index is 1.85. The summed E-state index contributed by atoms with van der Waals surface area (Å²) in [5.41, 5.74) is 1.40. The molecule has 0 unspecified atom stereocenters. The minimum Gasteiger partial charge on any atom is -0.508 e. The predicted octanol–water partition coefficient (Wildman–Crippen LogP) is 5.25. The molecule has 2 aromatic rings. The Morgan fingerprint density at radius 3 is 2.58 bits per heavy atom. The lowest BCUT2D eigenvalue weighted by molar-refractivity contribution is 0.104. The van der Waals surface area contributed by atoms with Crippen molar-refractivity contribution in [1.82, 2.24) is 0 Å². The molecule has 0 aromatic heterocycles. The number of ketones is 1. The molecule has 3 nitrogen and oxygen atoms in total. The highest BCUT2D eigenvalue weighted by Crippen LogP contribution is 2.15. The molecule has 0 atom stereocenters. The van der Waals surface area contributed by atoms with Crippen LogP contribution in [0.1, 0.15) is 48.5 Å². The van der Waals surface area contributed by atoms with Crippen molar-refractivity contribution in [2.75, 3.05) is 6.61 Å². The number of aromatic hydroxyl groups is 1. The van der Waals surface area contributed by atoms with Gasteiger partial charge in [-0.2, -0.15) is 0 Å². The molecule has 0 aliphatic rings. The van der Waals surface area contributed by atoms with Gasteiger partial charge in [-0.3, -0.25) is 4.79 Å². The normalized spacial score (nSPS) is 10.9. The first-order valence-electron chi connectivity index (χ1n) is 8.43. The standard InChI is InChI=1S/C21H24O3/c1-2-3-4-5-15-24-20-12-9-17(10-13-20)11-14-21(23)18-7-6-8-19(22)16-18/h6-14,16,22H,2-5,15H2,1H3. The van der Waals surface area contributed by atoms with Gasteiger partial charge in [-0.15, -0.1) is 0 Å². The van der Waals surface area contributed by atoms with Crippen molar-refractivity contribution in [1.29, 1.82) is 0 Å². The number of allylic oxidation sites excluding steroid dienone is 1. The minimum absolute atomic E-state index is 0.0923. The van der Waals surface area contributed by atoms with Gasteiger partial charge in [-0.25, -0.2) is 0 Å². The number of phenols is 1. The zero-order valence-electron chi connectivity index (χ0n) is 14.1. The minimum atomic E-state index is -0.137. The molecule has 0 amide bonds. The Morgan fingerprint density at radius 1 is 1.08 bits per heavy atom. The lowest BCUT2D eigenvalue weighted by Gasteiger charge is -2.06. The molecule has 0 heterocycles. The molecular formula is C21H24O3. The van der Waals surface area contributed by atoms with Crippen LogP contribution in [0.25, 0.3) is 6.08 Å². The molecule has 0 aliphatic heterocycles. The highest BCUT2D eigenvalue weighted by atomic mass is 16.5. The molecule has 2 aromatic carbocycles. The third-order valence-electron chi connectivity index (χ3n) is 3.70. The molecule has 2 rings (SSSR count). The molecule has 0 spiro atoms. The summed E-state index contributed by atoms with van der Waals surface area (Å²) < 4.78 is 5.70. The smallest absolute Gasteiger partial charge is 0.185 e. The van der Waals surface area contributed by atoms with E-state index in [2.05, 4.69) is 6.92 Å². The van der Waals surface area contributed by atoms with Crippen molar-refractivity contribution in [2.24, 2.45) is 0 Å². The summed E-state index contributed by atoms with van der Waals surface area (Å²) in [6, 6.07) is 14.0. The van der Waals surface area contributed by atoms with Crippen molar-refractivity contribution >= 4 is 11.9 Å². The van der Waals surface area contributed by atoms with Crippen LogP contribution in [0.4, 0.5) is 0 Å². The van der Waals surface area contributed by atoms with Gasteiger partial charge in [0.15, 0.2) is 5.78 Å². The Labute approximate surface area is 143 Å². The van der Waals surface area contributed by atoms with Gasteiger partial charge in [0.25, 0.3) is 0 Å². The van der Waals surface area contributed by atoms with Crippen molar-refractivity contribution in [3.63, 3.8) is 0 Å². The number of hydrogen-bond acceptors (Lipinski definition) is 3. The Morgan fingerprint density at radius 2 is 1.88 bits per heavy atom. The van der Waals surface area contributed by atoms with E-state index in [0.29, 0.717) is 5.56 Å². The molecule has 126 valence electrons. The second-order valence-electron chi connectivity index (χ2n) is 5.73. The SMILES string of the molecule is CCCCCCOc1ccc(C=CC(=O)c2cccc(O)c2)cc1. The van der Waals surface area contributed by atoms with E-state index in [4.69, 9.17) is 4.74 Å². The average molecular weight is 324 g/mol. The van der Waals surface area contributed by atoms with Gasteiger partial charge >= 0.3 is 0 Å². The Bertz CT molecular complexity index is 672. The number of rotatable bonds is 9. The van der Waals surface area contributed by atoms with Crippen LogP contribution in [0.15, 0.2) is 54.6 Å². The van der Waals surface area contributed by atoms with Crippen molar-refractivity contribution < 1.29 is 14.6 Å². The van der Waals surface area contributed by atoms with E-state index in [-0.39, 0.29) is 11.5 Å². The molecular weight excluding hydrogens is 300 g/mol. The third-order valence-corrected chi connectivity index (χ3v) is 3.70. The molecule has 0 fully saturated rings. The Hall–Kier alpha value is -2.55. The Kier molecular flexibility index (Phi) is 7.09. The maximum absolute atomic E-state index is 12.0. The van der Waals surface area contributed by atoms with Gasteiger partial charge < -0.3 is 9.84 Å². The van der Waals surface area contributed by atoms with Gasteiger partial charge in [0, 0.05) is 5.56 Å². The molecule has 3 heteroatoms. The van der Waals surface area contributed by atoms with E-state index in [9.17, 15) is 9.90 Å². The lowest BCUT2D eigenvalue weighted by atomic mass is 10.1. The number of carbonyl (C=O) groups excluding carboxylic acids is 1. The maximum Gasteiger partial charge on any atom is 0.185 e. The van der Waals surface area contributed by atoms with E-state index >= 15 is 0 Å². The first kappa shape index (κ1) is 17.8. The molecule has 0 radical (unpaired) electrons. The van der Waals surface area contributed by atoms with Crippen LogP contribution in [0, 0.1) is 0 Å². The van der Waals surface area contributed by atoms with Crippen LogP contribution >= 0.6 is 0 Å². The number of hydrogen-bond donors (Lipinski definition) is 1. The fourth-order valence-electron chi connectivity index (χ4n) is 2.32. The molecule has 0 saturated carbocycles. The first-order valence-corrected chi connectivity index (χ1v) is 8.43. The summed E-state index contributed by atoms with van der Waals surface area (Å²) in [6.45, 7) is 2.93. The fraction of sp³-hybridized carbons (Fsp3) is 0.286. The molecule has 0 aliphatic carbocycles. The molecule has 0 saturated heterocycles. The van der Waals surface area contributed by atoms with Crippen LogP contribution in [-0.4, -0.2) is 17.5 Å². The average Bonchev–Trinajstić information content (AvgIpc) is 2.60. The van der Waals surface area contributed by atoms with Crippen LogP contribution in [0.2, 0.25) is 0 Å². The van der Waals surface area contributed by atoms with E-state index < -0.39 is 0 Å². The van der Waals surface area contributed by atoms with Gasteiger partial charge in [0.2, 0.25) is 0 Å². The summed E-state index contributed by atoms with van der Waals surface area (Å²) in [6.07, 6.45) is 8.03. The van der Waals surface area contributed by atoms with Crippen LogP contribution in [-0.2, 0) is 0 Å². The second kappa shape index (κ2) is 9.56. The van der Waals surface area contributed by atoms with Crippen LogP contribution < -0.4 is 4.74 Å². The van der Waals surface area contributed by atoms with E-state index in [1.54, 1.807) is 24.3 Å². The predicted molar refractivity (Wildman–Crippen MR) is 97.6 cm³/mol. The van der Waals surface area contributed by atoms with Gasteiger partial charge in [-0.05, 0) is 42.3 Å². The van der Waals surface area contributed by atoms with E-state index in [0.717, 1.165) is 24.3 Å². The number of unbranched alkanes of at least 4 members (excludes halogenated alkanes) is 3. The topological polar surface area (TPSA) is 46.5 Å². The van der Waals surface area contributed by atoms with Gasteiger partial charge in [0.1, 0.15) is 11.5 Å². The maximum atomic E-state index is 12.0. The second-order valence-corrected chi connectivity index (χ2v) is 5.73. The molecule has 0 bridgehead atoms. The van der Waals surface area contributed by atoms with Crippen molar-refractivity contribution in [2.45, 2.75) is 32.6 Å². The van der Waals surface area contributed by atoms with Crippen LogP contribution in [0.3, 0.4) is 0 Å². The quantitative estimate of drug-likeness (QED) is 0.389. The lowest BCUT2D eigenvalue weighted by Crippen LogP contribution is -1.97. The van der Waals surface area contributed by atoms with E-state index in [1.807, 2.05) is 24.3 Å². The van der Waals surface area contributed by atoms with E-state index in [1.165, 1.54) is 31.4 Å². The third kappa shape index (κ3) is 5.92. The summed E-state index contributed by atoms with van der Waals surface area (Å²) in [5, 5.41) is 9.41. The zero-order chi connectivity index (χ0) is 17.2. The van der Waals surface area contributed by atoms with Gasteiger partial charge in [0.05, 0.1) is 6.61 Å². The number of ether oxygens (including phenoxy) is 1. The monoisotopic (exact) mass is 324 g/mol. The zero-order valence-corrected chi connectivity index (χ0v) is 14.1. The summed E-state index contributed by atoms with van der Waals surface area (Å²) in [7, 11) is 0. The van der Waals surface area contributed by atoms with Crippen LogP contribution in [0.5, 0.6) is 11.5 Å². The summed E-state index contributed by atoms with van der Waals surface area (Å²) in [4.78, 5) is 12.0. The first-order chi connectivity index (χ1) is 11.7. The summed E-state index contributed by atoms with van der Waals surface area (Å²) in [5.74, 6) is 0.805. The molecule has 24 heavy (non-hydrogen) atoms. The van der Waals surface area contributed by atoms with Crippen molar-refractivity contribution in [3.05, 3.63) is 65.7 Å². The largest absolute Gasteiger partial charge is 0.508 e. The summed E-state index contributed by atoms with van der Waals surface area (Å²) >= 11 is 0. The highest BCUT2D eigenvalue weighted by Gasteiger charge is 2.02. The number of carbonyl (C=O) groups is 1. The number of phenolic OH excluding ortho intramolecular Hbond substituents is 1. The fourth-order valence-corrected chi connectivity index (χ4v) is 2.32. The molecule has 1 N–H and O–H groups in total.